The Bertz CT molecular complexity index is 720. The summed E-state index contributed by atoms with van der Waals surface area (Å²) in [7, 11) is 0. The number of hydrogen-bond acceptors (Lipinski definition) is 4. The van der Waals surface area contributed by atoms with Gasteiger partial charge in [0, 0.05) is 17.3 Å². The first-order valence-corrected chi connectivity index (χ1v) is 8.26. The molecule has 7 heteroatoms. The first-order valence-electron chi connectivity index (χ1n) is 7.88. The monoisotopic (exact) mass is 348 g/mol. The quantitative estimate of drug-likeness (QED) is 0.786. The van der Waals surface area contributed by atoms with E-state index in [1.165, 1.54) is 0 Å². The van der Waals surface area contributed by atoms with Gasteiger partial charge in [-0.3, -0.25) is 9.59 Å². The van der Waals surface area contributed by atoms with Crippen LogP contribution in [0.1, 0.15) is 0 Å². The third kappa shape index (κ3) is 2.17. The van der Waals surface area contributed by atoms with E-state index < -0.39 is 17.4 Å². The molecule has 1 aromatic carbocycles. The molecule has 0 saturated carbocycles. The zero-order valence-electron chi connectivity index (χ0n) is 12.8. The summed E-state index contributed by atoms with van der Waals surface area (Å²) in [5.74, 6) is -1.47. The number of anilines is 1. The molecule has 0 aliphatic carbocycles. The smallest absolute Gasteiger partial charge is 0.234 e. The number of rotatable bonds is 4. The molecule has 1 spiro atoms. The highest BCUT2D eigenvalue weighted by atomic mass is 35.5. The number of fused-ring (bicyclic) bond motifs is 1. The van der Waals surface area contributed by atoms with Crippen molar-refractivity contribution in [2.24, 2.45) is 11.8 Å². The largest absolute Gasteiger partial charge is 0.395 e. The Morgan fingerprint density at radius 3 is 2.88 bits per heavy atom. The van der Waals surface area contributed by atoms with Crippen molar-refractivity contribution in [3.8, 4) is 0 Å². The van der Waals surface area contributed by atoms with Gasteiger partial charge in [0.25, 0.3) is 0 Å². The maximum atomic E-state index is 13.0. The van der Waals surface area contributed by atoms with Crippen LogP contribution in [-0.4, -0.2) is 48.3 Å². The summed E-state index contributed by atoms with van der Waals surface area (Å²) in [6.45, 7) is 0.413. The van der Waals surface area contributed by atoms with Crippen molar-refractivity contribution in [3.05, 3.63) is 41.4 Å². The Balaban J connectivity index is 1.64. The number of amides is 2. The molecule has 3 aliphatic rings. The van der Waals surface area contributed by atoms with Gasteiger partial charge in [-0.25, -0.2) is 0 Å². The van der Waals surface area contributed by atoms with Gasteiger partial charge in [0.15, 0.2) is 0 Å². The van der Waals surface area contributed by atoms with Crippen LogP contribution in [0.4, 0.5) is 5.69 Å². The van der Waals surface area contributed by atoms with Crippen LogP contribution in [0.3, 0.4) is 0 Å². The van der Waals surface area contributed by atoms with Gasteiger partial charge in [0.2, 0.25) is 11.8 Å². The Hall–Kier alpha value is -1.89. The van der Waals surface area contributed by atoms with E-state index in [4.69, 9.17) is 21.4 Å². The molecule has 2 saturated heterocycles. The van der Waals surface area contributed by atoms with Crippen molar-refractivity contribution in [2.75, 3.05) is 24.6 Å². The second kappa shape index (κ2) is 5.58. The lowest BCUT2D eigenvalue weighted by Gasteiger charge is -2.23. The number of aliphatic hydroxyl groups is 1. The van der Waals surface area contributed by atoms with Crippen molar-refractivity contribution >= 4 is 29.1 Å². The van der Waals surface area contributed by atoms with E-state index in [9.17, 15) is 9.59 Å². The normalized spacial score (nSPS) is 33.2. The van der Waals surface area contributed by atoms with Crippen LogP contribution in [0.25, 0.3) is 0 Å². The fraction of sp³-hybridized carbons (Fsp3) is 0.412. The van der Waals surface area contributed by atoms with E-state index >= 15 is 0 Å². The highest BCUT2D eigenvalue weighted by molar-refractivity contribution is 6.30. The number of halogens is 1. The summed E-state index contributed by atoms with van der Waals surface area (Å²) in [4.78, 5) is 27.1. The molecular formula is C17H17ClN2O4. The van der Waals surface area contributed by atoms with E-state index in [0.717, 1.165) is 5.69 Å². The van der Waals surface area contributed by atoms with Crippen LogP contribution in [0.5, 0.6) is 0 Å². The van der Waals surface area contributed by atoms with Crippen molar-refractivity contribution < 1.29 is 19.4 Å². The summed E-state index contributed by atoms with van der Waals surface area (Å²) in [5.41, 5.74) is -0.00839. The summed E-state index contributed by atoms with van der Waals surface area (Å²) >= 11 is 5.91. The van der Waals surface area contributed by atoms with E-state index in [2.05, 4.69) is 5.32 Å². The second-order valence-electron chi connectivity index (χ2n) is 6.32. The molecule has 126 valence electrons. The molecule has 2 N–H and O–H groups in total. The average molecular weight is 349 g/mol. The van der Waals surface area contributed by atoms with Gasteiger partial charge in [-0.2, -0.15) is 0 Å². The first-order chi connectivity index (χ1) is 11.6. The van der Waals surface area contributed by atoms with Gasteiger partial charge in [0.1, 0.15) is 5.60 Å². The van der Waals surface area contributed by atoms with Gasteiger partial charge < -0.3 is 20.1 Å². The van der Waals surface area contributed by atoms with Gasteiger partial charge in [-0.15, -0.1) is 0 Å². The third-order valence-corrected chi connectivity index (χ3v) is 5.20. The molecule has 4 atom stereocenters. The number of aliphatic hydroxyl groups excluding tert-OH is 1. The van der Waals surface area contributed by atoms with Crippen LogP contribution >= 0.6 is 11.6 Å². The molecule has 0 aromatic heterocycles. The second-order valence-corrected chi connectivity index (χ2v) is 6.75. The number of hydrogen-bond donors (Lipinski definition) is 2. The SMILES string of the molecule is O=C(NCCO)[C@H]1[C@H]2C=C[C@@]3(CN(c4ccc(Cl)cc4)C(=O)[C@@H]13)O2. The van der Waals surface area contributed by atoms with E-state index in [1.807, 2.05) is 12.2 Å². The van der Waals surface area contributed by atoms with E-state index in [1.54, 1.807) is 29.2 Å². The zero-order chi connectivity index (χ0) is 16.9. The van der Waals surface area contributed by atoms with Crippen molar-refractivity contribution in [2.45, 2.75) is 11.7 Å². The Morgan fingerprint density at radius 2 is 2.17 bits per heavy atom. The molecule has 3 heterocycles. The van der Waals surface area contributed by atoms with E-state index in [-0.39, 0.29) is 31.1 Å². The van der Waals surface area contributed by atoms with Crippen molar-refractivity contribution in [1.29, 1.82) is 0 Å². The number of carbonyl (C=O) groups is 2. The number of ether oxygens (including phenoxy) is 1. The molecule has 0 unspecified atom stereocenters. The molecule has 2 fully saturated rings. The molecule has 24 heavy (non-hydrogen) atoms. The van der Waals surface area contributed by atoms with Gasteiger partial charge in [-0.05, 0) is 24.3 Å². The van der Waals surface area contributed by atoms with Crippen LogP contribution in [0.15, 0.2) is 36.4 Å². The number of nitrogens with one attached hydrogen (secondary N) is 1. The van der Waals surface area contributed by atoms with Crippen molar-refractivity contribution in [3.63, 3.8) is 0 Å². The van der Waals surface area contributed by atoms with Crippen LogP contribution < -0.4 is 10.2 Å². The minimum atomic E-state index is -0.747. The molecule has 3 aliphatic heterocycles. The van der Waals surface area contributed by atoms with Crippen LogP contribution in [-0.2, 0) is 14.3 Å². The zero-order valence-corrected chi connectivity index (χ0v) is 13.6. The van der Waals surface area contributed by atoms with Crippen LogP contribution in [0, 0.1) is 11.8 Å². The summed E-state index contributed by atoms with van der Waals surface area (Å²) in [6, 6.07) is 7.04. The average Bonchev–Trinajstić information content (AvgIpc) is 3.22. The number of nitrogens with zero attached hydrogens (tertiary/aromatic N) is 1. The predicted octanol–water partition coefficient (Wildman–Crippen LogP) is 0.735. The highest BCUT2D eigenvalue weighted by Gasteiger charge is 2.66. The van der Waals surface area contributed by atoms with Gasteiger partial charge >= 0.3 is 0 Å². The van der Waals surface area contributed by atoms with Gasteiger partial charge in [0.05, 0.1) is 31.1 Å². The van der Waals surface area contributed by atoms with E-state index in [0.29, 0.717) is 11.6 Å². The molecule has 1 aromatic rings. The topological polar surface area (TPSA) is 78.9 Å². The maximum Gasteiger partial charge on any atom is 0.234 e. The lowest BCUT2D eigenvalue weighted by molar-refractivity contribution is -0.132. The summed E-state index contributed by atoms with van der Waals surface area (Å²) in [6.07, 6.45) is 3.38. The van der Waals surface area contributed by atoms with Crippen LogP contribution in [0.2, 0.25) is 5.02 Å². The summed E-state index contributed by atoms with van der Waals surface area (Å²) in [5, 5.41) is 12.2. The Labute approximate surface area is 144 Å². The number of benzene rings is 1. The molecule has 2 amide bonds. The Kier molecular flexibility index (Phi) is 3.63. The molecule has 6 nitrogen and oxygen atoms in total. The van der Waals surface area contributed by atoms with Gasteiger partial charge in [-0.1, -0.05) is 23.8 Å². The maximum absolute atomic E-state index is 13.0. The van der Waals surface area contributed by atoms with Crippen molar-refractivity contribution in [1.82, 2.24) is 5.32 Å². The predicted molar refractivity (Wildman–Crippen MR) is 87.6 cm³/mol. The molecule has 4 rings (SSSR count). The molecular weight excluding hydrogens is 332 g/mol. The standard InChI is InChI=1S/C17H17ClN2O4/c18-10-1-3-11(4-2-10)20-9-17-6-5-12(24-17)13(14(17)16(20)23)15(22)19-7-8-21/h1-6,12-14,21H,7-9H2,(H,19,22)/t12-,13+,14-,17+/m1/s1. The third-order valence-electron chi connectivity index (χ3n) is 4.95. The minimum Gasteiger partial charge on any atom is -0.395 e. The fourth-order valence-electron chi connectivity index (χ4n) is 3.93. The Morgan fingerprint density at radius 1 is 1.42 bits per heavy atom. The molecule has 2 bridgehead atoms. The minimum absolute atomic E-state index is 0.117. The lowest BCUT2D eigenvalue weighted by Crippen LogP contribution is -2.44. The fourth-order valence-corrected chi connectivity index (χ4v) is 4.06. The number of carbonyl (C=O) groups excluding carboxylic acids is 2. The first kappa shape index (κ1) is 15.6. The highest BCUT2D eigenvalue weighted by Crippen LogP contribution is 2.52. The molecule has 0 radical (unpaired) electrons. The summed E-state index contributed by atoms with van der Waals surface area (Å²) < 4.78 is 6.02. The lowest BCUT2D eigenvalue weighted by atomic mass is 9.77.